The summed E-state index contributed by atoms with van der Waals surface area (Å²) in [5.74, 6) is -0.922. The topological polar surface area (TPSA) is 88.1 Å². The fourth-order valence-corrected chi connectivity index (χ4v) is 2.33. The molecular weight excluding hydrogens is 250 g/mol. The number of rotatable bonds is 2. The molecule has 0 aromatic rings. The van der Waals surface area contributed by atoms with Crippen molar-refractivity contribution in [3.05, 3.63) is 0 Å². The van der Waals surface area contributed by atoms with Gasteiger partial charge in [0.15, 0.2) is 0 Å². The predicted octanol–water partition coefficient (Wildman–Crippen LogP) is -0.336. The van der Waals surface area contributed by atoms with E-state index in [9.17, 15) is 14.4 Å². The first kappa shape index (κ1) is 13.5. The minimum Gasteiger partial charge on any atom is -0.469 e. The Kier molecular flexibility index (Phi) is 4.13. The molecule has 1 fully saturated rings. The third-order valence-corrected chi connectivity index (χ3v) is 3.39. The monoisotopic (exact) mass is 267 g/mol. The Morgan fingerprint density at radius 2 is 2.21 bits per heavy atom. The second-order valence-electron chi connectivity index (χ2n) is 4.71. The van der Waals surface area contributed by atoms with Crippen molar-refractivity contribution in [2.75, 3.05) is 20.2 Å². The van der Waals surface area contributed by atoms with Crippen molar-refractivity contribution in [3.8, 4) is 0 Å². The van der Waals surface area contributed by atoms with Crippen LogP contribution in [0.5, 0.6) is 0 Å². The van der Waals surface area contributed by atoms with Crippen molar-refractivity contribution in [1.82, 2.24) is 10.3 Å². The Hall–Kier alpha value is -1.92. The van der Waals surface area contributed by atoms with E-state index in [1.165, 1.54) is 7.11 Å². The lowest BCUT2D eigenvalue weighted by Gasteiger charge is -2.31. The Morgan fingerprint density at radius 1 is 1.42 bits per heavy atom. The molecule has 2 aliphatic rings. The summed E-state index contributed by atoms with van der Waals surface area (Å²) in [7, 11) is 1.35. The van der Waals surface area contributed by atoms with E-state index in [4.69, 9.17) is 4.74 Å². The summed E-state index contributed by atoms with van der Waals surface area (Å²) in [4.78, 5) is 36.3. The predicted molar refractivity (Wildman–Crippen MR) is 66.1 cm³/mol. The van der Waals surface area contributed by atoms with Gasteiger partial charge in [-0.25, -0.2) is 5.43 Å². The van der Waals surface area contributed by atoms with Gasteiger partial charge in [-0.1, -0.05) is 0 Å². The van der Waals surface area contributed by atoms with Crippen LogP contribution in [-0.4, -0.2) is 48.6 Å². The van der Waals surface area contributed by atoms with E-state index in [1.54, 1.807) is 4.90 Å². The second kappa shape index (κ2) is 5.81. The minimum atomic E-state index is -0.281. The van der Waals surface area contributed by atoms with Crippen LogP contribution in [0.15, 0.2) is 5.10 Å². The molecule has 0 unspecified atom stereocenters. The molecule has 1 N–H and O–H groups in total. The smallest absolute Gasteiger partial charge is 0.310 e. The molecule has 1 atom stereocenters. The number of piperidine rings is 1. The maximum Gasteiger partial charge on any atom is 0.310 e. The molecule has 0 spiro atoms. The van der Waals surface area contributed by atoms with Crippen LogP contribution in [0.1, 0.15) is 25.7 Å². The van der Waals surface area contributed by atoms with Crippen molar-refractivity contribution in [2.45, 2.75) is 25.7 Å². The molecule has 0 bridgehead atoms. The number of carbonyl (C=O) groups is 3. The Labute approximate surface area is 111 Å². The van der Waals surface area contributed by atoms with E-state index < -0.39 is 0 Å². The van der Waals surface area contributed by atoms with E-state index >= 15 is 0 Å². The molecule has 0 radical (unpaired) electrons. The number of hydrazone groups is 1. The SMILES string of the molecule is COC(=O)[C@H]1CCCN(C(=O)C2=NNC(=O)CC2)C1. The molecule has 0 aromatic carbocycles. The molecule has 7 nitrogen and oxygen atoms in total. The van der Waals surface area contributed by atoms with Gasteiger partial charge in [-0.3, -0.25) is 14.4 Å². The van der Waals surface area contributed by atoms with E-state index in [1.807, 2.05) is 0 Å². The van der Waals surface area contributed by atoms with Crippen LogP contribution in [0.25, 0.3) is 0 Å². The molecular formula is C12H17N3O4. The number of hydrogen-bond acceptors (Lipinski definition) is 5. The largest absolute Gasteiger partial charge is 0.469 e. The average molecular weight is 267 g/mol. The molecule has 0 aromatic heterocycles. The molecule has 104 valence electrons. The second-order valence-corrected chi connectivity index (χ2v) is 4.71. The fraction of sp³-hybridized carbons (Fsp3) is 0.667. The number of esters is 1. The van der Waals surface area contributed by atoms with E-state index in [-0.39, 0.29) is 30.1 Å². The van der Waals surface area contributed by atoms with Gasteiger partial charge in [0.25, 0.3) is 5.91 Å². The molecule has 0 saturated carbocycles. The van der Waals surface area contributed by atoms with Gasteiger partial charge in [-0.2, -0.15) is 5.10 Å². The van der Waals surface area contributed by atoms with Gasteiger partial charge in [0.2, 0.25) is 5.91 Å². The highest BCUT2D eigenvalue weighted by Gasteiger charge is 2.31. The summed E-state index contributed by atoms with van der Waals surface area (Å²) >= 11 is 0. The number of carbonyl (C=O) groups excluding carboxylic acids is 3. The average Bonchev–Trinajstić information content (AvgIpc) is 2.46. The quantitative estimate of drug-likeness (QED) is 0.693. The van der Waals surface area contributed by atoms with Crippen LogP contribution < -0.4 is 5.43 Å². The third-order valence-electron chi connectivity index (χ3n) is 3.39. The molecule has 2 heterocycles. The molecule has 2 amide bonds. The maximum atomic E-state index is 12.2. The van der Waals surface area contributed by atoms with Crippen molar-refractivity contribution in [3.63, 3.8) is 0 Å². The van der Waals surface area contributed by atoms with Gasteiger partial charge < -0.3 is 9.64 Å². The fourth-order valence-electron chi connectivity index (χ4n) is 2.33. The molecule has 2 aliphatic heterocycles. The lowest BCUT2D eigenvalue weighted by molar-refractivity contribution is -0.148. The number of nitrogens with one attached hydrogen (secondary N) is 1. The first-order chi connectivity index (χ1) is 9.11. The lowest BCUT2D eigenvalue weighted by Crippen LogP contribution is -2.46. The van der Waals surface area contributed by atoms with Crippen LogP contribution in [-0.2, 0) is 19.1 Å². The number of amides is 2. The number of methoxy groups -OCH3 is 1. The van der Waals surface area contributed by atoms with Crippen molar-refractivity contribution in [1.29, 1.82) is 0 Å². The Bertz CT molecular complexity index is 433. The Morgan fingerprint density at radius 3 is 2.84 bits per heavy atom. The summed E-state index contributed by atoms with van der Waals surface area (Å²) in [6.45, 7) is 0.970. The van der Waals surface area contributed by atoms with Gasteiger partial charge in [-0.15, -0.1) is 0 Å². The van der Waals surface area contributed by atoms with Crippen molar-refractivity contribution < 1.29 is 19.1 Å². The zero-order chi connectivity index (χ0) is 13.8. The zero-order valence-electron chi connectivity index (χ0n) is 10.8. The molecule has 0 aliphatic carbocycles. The summed E-state index contributed by atoms with van der Waals surface area (Å²) in [5.41, 5.74) is 2.66. The summed E-state index contributed by atoms with van der Waals surface area (Å²) in [5, 5.41) is 3.79. The highest BCUT2D eigenvalue weighted by molar-refractivity contribution is 6.39. The first-order valence-corrected chi connectivity index (χ1v) is 6.34. The summed E-state index contributed by atoms with van der Waals surface area (Å²) in [6, 6.07) is 0. The van der Waals surface area contributed by atoms with Crippen molar-refractivity contribution in [2.24, 2.45) is 11.0 Å². The van der Waals surface area contributed by atoms with Gasteiger partial charge in [-0.05, 0) is 12.8 Å². The van der Waals surface area contributed by atoms with Crippen molar-refractivity contribution >= 4 is 23.5 Å². The minimum absolute atomic E-state index is 0.178. The van der Waals surface area contributed by atoms with Gasteiger partial charge in [0, 0.05) is 25.9 Å². The lowest BCUT2D eigenvalue weighted by atomic mass is 9.97. The summed E-state index contributed by atoms with van der Waals surface area (Å²) in [6.07, 6.45) is 2.13. The zero-order valence-corrected chi connectivity index (χ0v) is 10.8. The van der Waals surface area contributed by atoms with Crippen LogP contribution in [0, 0.1) is 5.92 Å². The molecule has 2 rings (SSSR count). The maximum absolute atomic E-state index is 12.2. The number of hydrogen-bond donors (Lipinski definition) is 1. The van der Waals surface area contributed by atoms with E-state index in [2.05, 4.69) is 10.5 Å². The van der Waals surface area contributed by atoms with E-state index in [0.29, 0.717) is 25.2 Å². The van der Waals surface area contributed by atoms with Crippen LogP contribution in [0.3, 0.4) is 0 Å². The van der Waals surface area contributed by atoms with E-state index in [0.717, 1.165) is 12.8 Å². The standard InChI is InChI=1S/C12H17N3O4/c1-19-12(18)8-3-2-6-15(7-8)11(17)9-4-5-10(16)14-13-9/h8H,2-7H2,1H3,(H,14,16)/t8-/m0/s1. The third kappa shape index (κ3) is 3.10. The molecule has 7 heteroatoms. The molecule has 1 saturated heterocycles. The van der Waals surface area contributed by atoms with Gasteiger partial charge in [0.1, 0.15) is 5.71 Å². The highest BCUT2D eigenvalue weighted by atomic mass is 16.5. The van der Waals surface area contributed by atoms with Crippen LogP contribution in [0.4, 0.5) is 0 Å². The Balaban J connectivity index is 1.99. The van der Waals surface area contributed by atoms with Gasteiger partial charge >= 0.3 is 5.97 Å². The highest BCUT2D eigenvalue weighted by Crippen LogP contribution is 2.18. The number of ether oxygens (including phenoxy) is 1. The molecule has 19 heavy (non-hydrogen) atoms. The van der Waals surface area contributed by atoms with Crippen LogP contribution in [0.2, 0.25) is 0 Å². The number of likely N-dealkylation sites (tertiary alicyclic amines) is 1. The number of nitrogens with zero attached hydrogens (tertiary/aromatic N) is 2. The van der Waals surface area contributed by atoms with Gasteiger partial charge in [0.05, 0.1) is 13.0 Å². The normalized spacial score (nSPS) is 23.4. The van der Waals surface area contributed by atoms with Crippen LogP contribution >= 0.6 is 0 Å². The first-order valence-electron chi connectivity index (χ1n) is 6.34. The summed E-state index contributed by atoms with van der Waals surface area (Å²) < 4.78 is 4.71.